The van der Waals surface area contributed by atoms with Crippen molar-refractivity contribution in [3.63, 3.8) is 0 Å². The summed E-state index contributed by atoms with van der Waals surface area (Å²) in [6.45, 7) is 0.230. The standard InChI is InChI=1S/C8H8BrClO3S/c9-6-2-1-5(14-6)7(8(11)12)13-4-3-10/h1-2,7H,3-4H2,(H,11,12). The molecule has 0 radical (unpaired) electrons. The first kappa shape index (κ1) is 12.0. The van der Waals surface area contributed by atoms with E-state index < -0.39 is 12.1 Å². The first-order valence-corrected chi connectivity index (χ1v) is 5.95. The summed E-state index contributed by atoms with van der Waals surface area (Å²) < 4.78 is 5.99. The van der Waals surface area contributed by atoms with E-state index in [9.17, 15) is 4.79 Å². The van der Waals surface area contributed by atoms with Gasteiger partial charge in [-0.1, -0.05) is 0 Å². The summed E-state index contributed by atoms with van der Waals surface area (Å²) in [5, 5.41) is 8.89. The molecule has 6 heteroatoms. The van der Waals surface area contributed by atoms with Crippen molar-refractivity contribution in [3.8, 4) is 0 Å². The first-order chi connectivity index (χ1) is 6.65. The molecule has 0 saturated carbocycles. The highest BCUT2D eigenvalue weighted by Gasteiger charge is 2.21. The Kier molecular flexibility index (Phi) is 4.88. The quantitative estimate of drug-likeness (QED) is 0.850. The van der Waals surface area contributed by atoms with Crippen LogP contribution < -0.4 is 0 Å². The number of aliphatic carboxylic acids is 1. The predicted octanol–water partition coefficient (Wildman–Crippen LogP) is 2.89. The lowest BCUT2D eigenvalue weighted by atomic mass is 10.3. The molecule has 0 aromatic carbocycles. The molecule has 0 bridgehead atoms. The molecule has 78 valence electrons. The zero-order chi connectivity index (χ0) is 10.6. The Morgan fingerprint density at radius 1 is 1.71 bits per heavy atom. The third-order valence-corrected chi connectivity index (χ3v) is 3.26. The van der Waals surface area contributed by atoms with Crippen molar-refractivity contribution >= 4 is 44.8 Å². The monoisotopic (exact) mass is 298 g/mol. The number of ether oxygens (including phenoxy) is 1. The van der Waals surface area contributed by atoms with Crippen molar-refractivity contribution in [1.82, 2.24) is 0 Å². The van der Waals surface area contributed by atoms with Gasteiger partial charge >= 0.3 is 5.97 Å². The molecule has 3 nitrogen and oxygen atoms in total. The Balaban J connectivity index is 2.72. The number of alkyl halides is 1. The van der Waals surface area contributed by atoms with Crippen LogP contribution in [0.25, 0.3) is 0 Å². The normalized spacial score (nSPS) is 12.7. The summed E-state index contributed by atoms with van der Waals surface area (Å²) in [6, 6.07) is 3.52. The summed E-state index contributed by atoms with van der Waals surface area (Å²) in [6.07, 6.45) is -0.912. The summed E-state index contributed by atoms with van der Waals surface area (Å²) in [7, 11) is 0. The maximum atomic E-state index is 10.8. The van der Waals surface area contributed by atoms with Gasteiger partial charge in [-0.3, -0.25) is 0 Å². The second-order valence-electron chi connectivity index (χ2n) is 2.42. The van der Waals surface area contributed by atoms with Crippen molar-refractivity contribution in [1.29, 1.82) is 0 Å². The lowest BCUT2D eigenvalue weighted by Gasteiger charge is -2.10. The molecule has 1 atom stereocenters. The smallest absolute Gasteiger partial charge is 0.338 e. The lowest BCUT2D eigenvalue weighted by Crippen LogP contribution is -2.15. The van der Waals surface area contributed by atoms with Gasteiger partial charge in [0.05, 0.1) is 10.4 Å². The van der Waals surface area contributed by atoms with Gasteiger partial charge in [0.15, 0.2) is 6.10 Å². The molecule has 0 fully saturated rings. The highest BCUT2D eigenvalue weighted by molar-refractivity contribution is 9.11. The topological polar surface area (TPSA) is 46.5 Å². The highest BCUT2D eigenvalue weighted by Crippen LogP contribution is 2.29. The molecule has 14 heavy (non-hydrogen) atoms. The van der Waals surface area contributed by atoms with Gasteiger partial charge < -0.3 is 9.84 Å². The van der Waals surface area contributed by atoms with Gasteiger partial charge in [0.2, 0.25) is 0 Å². The SMILES string of the molecule is O=C(O)C(OCCCl)c1ccc(Br)s1. The van der Waals surface area contributed by atoms with Crippen LogP contribution in [-0.4, -0.2) is 23.6 Å². The third-order valence-electron chi connectivity index (χ3n) is 1.44. The Labute approximate surface area is 98.8 Å². The van der Waals surface area contributed by atoms with Crippen LogP contribution in [0.5, 0.6) is 0 Å². The van der Waals surface area contributed by atoms with Gasteiger partial charge in [0.25, 0.3) is 0 Å². The van der Waals surface area contributed by atoms with Gasteiger partial charge in [0, 0.05) is 10.8 Å². The molecular formula is C8H8BrClO3S. The van der Waals surface area contributed by atoms with E-state index in [1.54, 1.807) is 12.1 Å². The predicted molar refractivity (Wildman–Crippen MR) is 59.1 cm³/mol. The molecule has 0 aliphatic carbocycles. The minimum Gasteiger partial charge on any atom is -0.479 e. The molecule has 0 spiro atoms. The minimum atomic E-state index is -0.996. The number of carboxylic acid groups (broad SMARTS) is 1. The number of carbonyl (C=O) groups is 1. The lowest BCUT2D eigenvalue weighted by molar-refractivity contribution is -0.150. The van der Waals surface area contributed by atoms with Crippen LogP contribution in [-0.2, 0) is 9.53 Å². The zero-order valence-electron chi connectivity index (χ0n) is 7.07. The Morgan fingerprint density at radius 2 is 2.43 bits per heavy atom. The van der Waals surface area contributed by atoms with Crippen LogP contribution in [0.2, 0.25) is 0 Å². The number of hydrogen-bond donors (Lipinski definition) is 1. The van der Waals surface area contributed by atoms with Crippen LogP contribution in [0.1, 0.15) is 11.0 Å². The summed E-state index contributed by atoms with van der Waals surface area (Å²) in [5.74, 6) is -0.708. The van der Waals surface area contributed by atoms with Crippen molar-refractivity contribution < 1.29 is 14.6 Å². The molecule has 1 rings (SSSR count). The van der Waals surface area contributed by atoms with Crippen LogP contribution >= 0.6 is 38.9 Å². The second kappa shape index (κ2) is 5.70. The van der Waals surface area contributed by atoms with E-state index in [2.05, 4.69) is 15.9 Å². The van der Waals surface area contributed by atoms with Gasteiger partial charge in [0.1, 0.15) is 0 Å². The molecule has 1 aromatic rings. The van der Waals surface area contributed by atoms with E-state index in [0.717, 1.165) is 3.79 Å². The molecule has 0 aliphatic rings. The fourth-order valence-electron chi connectivity index (χ4n) is 0.907. The third kappa shape index (κ3) is 3.24. The van der Waals surface area contributed by atoms with Gasteiger partial charge in [-0.2, -0.15) is 0 Å². The molecule has 0 aliphatic heterocycles. The molecule has 0 saturated heterocycles. The number of carboxylic acids is 1. The molecule has 1 heterocycles. The van der Waals surface area contributed by atoms with Crippen LogP contribution in [0, 0.1) is 0 Å². The van der Waals surface area contributed by atoms with E-state index in [1.165, 1.54) is 11.3 Å². The fourth-order valence-corrected chi connectivity index (χ4v) is 2.46. The Hall–Kier alpha value is -0.100. The van der Waals surface area contributed by atoms with Crippen molar-refractivity contribution in [2.75, 3.05) is 12.5 Å². The fraction of sp³-hybridized carbons (Fsp3) is 0.375. The van der Waals surface area contributed by atoms with Crippen LogP contribution in [0.4, 0.5) is 0 Å². The zero-order valence-corrected chi connectivity index (χ0v) is 10.2. The summed E-state index contributed by atoms with van der Waals surface area (Å²) >= 11 is 10.0. The number of hydrogen-bond acceptors (Lipinski definition) is 3. The van der Waals surface area contributed by atoms with Crippen molar-refractivity contribution in [3.05, 3.63) is 20.8 Å². The van der Waals surface area contributed by atoms with E-state index in [-0.39, 0.29) is 12.5 Å². The molecule has 0 amide bonds. The molecule has 1 aromatic heterocycles. The van der Waals surface area contributed by atoms with Crippen LogP contribution in [0.15, 0.2) is 15.9 Å². The van der Waals surface area contributed by atoms with E-state index in [4.69, 9.17) is 21.4 Å². The average Bonchev–Trinajstić information content (AvgIpc) is 2.52. The van der Waals surface area contributed by atoms with Gasteiger partial charge in [-0.25, -0.2) is 4.79 Å². The molecule has 1 unspecified atom stereocenters. The van der Waals surface area contributed by atoms with E-state index in [0.29, 0.717) is 4.88 Å². The molecular weight excluding hydrogens is 292 g/mol. The Bertz CT molecular complexity index is 315. The van der Waals surface area contributed by atoms with E-state index in [1.807, 2.05) is 0 Å². The van der Waals surface area contributed by atoms with Gasteiger partial charge in [-0.05, 0) is 28.1 Å². The largest absolute Gasteiger partial charge is 0.479 e. The highest BCUT2D eigenvalue weighted by atomic mass is 79.9. The summed E-state index contributed by atoms with van der Waals surface area (Å²) in [4.78, 5) is 11.5. The van der Waals surface area contributed by atoms with Crippen LogP contribution in [0.3, 0.4) is 0 Å². The maximum Gasteiger partial charge on any atom is 0.338 e. The minimum absolute atomic E-state index is 0.230. The van der Waals surface area contributed by atoms with E-state index >= 15 is 0 Å². The number of halogens is 2. The first-order valence-electron chi connectivity index (χ1n) is 3.80. The Morgan fingerprint density at radius 3 is 2.86 bits per heavy atom. The summed E-state index contributed by atoms with van der Waals surface area (Å²) in [5.41, 5.74) is 0. The van der Waals surface area contributed by atoms with Gasteiger partial charge in [-0.15, -0.1) is 22.9 Å². The van der Waals surface area contributed by atoms with Crippen molar-refractivity contribution in [2.45, 2.75) is 6.10 Å². The van der Waals surface area contributed by atoms with Crippen molar-refractivity contribution in [2.24, 2.45) is 0 Å². The second-order valence-corrected chi connectivity index (χ2v) is 5.29. The maximum absolute atomic E-state index is 10.8. The number of rotatable bonds is 5. The average molecular weight is 300 g/mol. The number of thiophene rings is 1. The molecule has 1 N–H and O–H groups in total.